The topological polar surface area (TPSA) is 51.0 Å². The van der Waals surface area contributed by atoms with Crippen LogP contribution in [0.5, 0.6) is 0 Å². The molecule has 1 N–H and O–H groups in total. The van der Waals surface area contributed by atoms with Crippen LogP contribution in [0.3, 0.4) is 0 Å². The molecule has 1 heterocycles. The minimum Gasteiger partial charge on any atom is -0.306 e. The summed E-state index contributed by atoms with van der Waals surface area (Å²) in [5, 5.41) is 11.4. The van der Waals surface area contributed by atoms with Crippen molar-refractivity contribution in [3.05, 3.63) is 35.4 Å². The standard InChI is InChI=1S/C15H19N3O/c1-11(12-6-3-2-4-7-12)16-10-13-8-5-9-14-15(13)18-19-17-14/h5-6,8-9,11,16H,2-4,7,10H2,1H3. The van der Waals surface area contributed by atoms with Gasteiger partial charge in [0.1, 0.15) is 11.0 Å². The van der Waals surface area contributed by atoms with Crippen LogP contribution in [-0.2, 0) is 6.54 Å². The molecule has 1 unspecified atom stereocenters. The molecule has 0 bridgehead atoms. The number of aromatic nitrogens is 2. The fraction of sp³-hybridized carbons (Fsp3) is 0.467. The summed E-state index contributed by atoms with van der Waals surface area (Å²) in [6.07, 6.45) is 7.49. The van der Waals surface area contributed by atoms with E-state index in [1.165, 1.54) is 31.3 Å². The molecule has 4 heteroatoms. The molecule has 0 spiro atoms. The summed E-state index contributed by atoms with van der Waals surface area (Å²) in [5.41, 5.74) is 4.36. The van der Waals surface area contributed by atoms with Crippen molar-refractivity contribution in [1.82, 2.24) is 15.6 Å². The lowest BCUT2D eigenvalue weighted by molar-refractivity contribution is 0.315. The van der Waals surface area contributed by atoms with E-state index in [9.17, 15) is 0 Å². The van der Waals surface area contributed by atoms with Crippen molar-refractivity contribution in [2.45, 2.75) is 45.2 Å². The smallest absolute Gasteiger partial charge is 0.139 e. The Balaban J connectivity index is 1.68. The van der Waals surface area contributed by atoms with Crippen LogP contribution in [0.4, 0.5) is 0 Å². The van der Waals surface area contributed by atoms with Crippen molar-refractivity contribution in [2.24, 2.45) is 0 Å². The summed E-state index contributed by atoms with van der Waals surface area (Å²) in [6.45, 7) is 3.03. The molecule has 1 aliphatic rings. The van der Waals surface area contributed by atoms with E-state index in [0.717, 1.165) is 23.1 Å². The number of nitrogens with zero attached hydrogens (tertiary/aromatic N) is 2. The van der Waals surface area contributed by atoms with Crippen LogP contribution in [0.1, 0.15) is 38.2 Å². The first-order chi connectivity index (χ1) is 9.34. The van der Waals surface area contributed by atoms with Gasteiger partial charge in [0.05, 0.1) is 0 Å². The third-order valence-corrected chi connectivity index (χ3v) is 3.85. The molecule has 0 fully saturated rings. The first-order valence-corrected chi connectivity index (χ1v) is 6.97. The molecule has 3 rings (SSSR count). The number of hydrogen-bond donors (Lipinski definition) is 1. The minimum absolute atomic E-state index is 0.426. The SMILES string of the molecule is CC(NCc1cccc2nonc12)C1=CCCCC1. The molecule has 4 nitrogen and oxygen atoms in total. The highest BCUT2D eigenvalue weighted by Gasteiger charge is 2.12. The van der Waals surface area contributed by atoms with E-state index < -0.39 is 0 Å². The van der Waals surface area contributed by atoms with Gasteiger partial charge in [-0.1, -0.05) is 23.8 Å². The van der Waals surface area contributed by atoms with Crippen LogP contribution in [0, 0.1) is 0 Å². The summed E-state index contributed by atoms with van der Waals surface area (Å²) in [6, 6.07) is 6.41. The summed E-state index contributed by atoms with van der Waals surface area (Å²) >= 11 is 0. The van der Waals surface area contributed by atoms with Crippen molar-refractivity contribution in [3.8, 4) is 0 Å². The number of nitrogens with one attached hydrogen (secondary N) is 1. The highest BCUT2D eigenvalue weighted by molar-refractivity contribution is 5.76. The summed E-state index contributed by atoms with van der Waals surface area (Å²) in [5.74, 6) is 0. The zero-order valence-corrected chi connectivity index (χ0v) is 11.2. The summed E-state index contributed by atoms with van der Waals surface area (Å²) in [7, 11) is 0. The summed E-state index contributed by atoms with van der Waals surface area (Å²) in [4.78, 5) is 0. The molecule has 0 radical (unpaired) electrons. The Bertz CT molecular complexity index is 588. The van der Waals surface area contributed by atoms with Crippen molar-refractivity contribution < 1.29 is 4.63 Å². The van der Waals surface area contributed by atoms with Crippen LogP contribution in [0.25, 0.3) is 11.0 Å². The highest BCUT2D eigenvalue weighted by atomic mass is 16.6. The Labute approximate surface area is 112 Å². The average Bonchev–Trinajstić information content (AvgIpc) is 2.94. The Kier molecular flexibility index (Phi) is 3.60. The maximum absolute atomic E-state index is 4.79. The number of benzene rings is 1. The van der Waals surface area contributed by atoms with Crippen molar-refractivity contribution in [2.75, 3.05) is 0 Å². The second-order valence-electron chi connectivity index (χ2n) is 5.18. The molecule has 0 saturated heterocycles. The van der Waals surface area contributed by atoms with Crippen molar-refractivity contribution >= 4 is 11.0 Å². The minimum atomic E-state index is 0.426. The highest BCUT2D eigenvalue weighted by Crippen LogP contribution is 2.21. The normalized spacial score (nSPS) is 17.4. The lowest BCUT2D eigenvalue weighted by atomic mass is 9.94. The fourth-order valence-corrected chi connectivity index (χ4v) is 2.66. The molecule has 0 amide bonds. The van der Waals surface area contributed by atoms with E-state index in [0.29, 0.717) is 6.04 Å². The largest absolute Gasteiger partial charge is 0.306 e. The average molecular weight is 257 g/mol. The third-order valence-electron chi connectivity index (χ3n) is 3.85. The second-order valence-corrected chi connectivity index (χ2v) is 5.18. The van der Waals surface area contributed by atoms with Gasteiger partial charge in [0.15, 0.2) is 0 Å². The Hall–Kier alpha value is -1.68. The predicted octanol–water partition coefficient (Wildman–Crippen LogP) is 3.20. The van der Waals surface area contributed by atoms with Crippen LogP contribution in [0.2, 0.25) is 0 Å². The van der Waals surface area contributed by atoms with Crippen molar-refractivity contribution in [1.29, 1.82) is 0 Å². The van der Waals surface area contributed by atoms with Gasteiger partial charge in [-0.2, -0.15) is 0 Å². The Morgan fingerprint density at radius 3 is 3.11 bits per heavy atom. The third kappa shape index (κ3) is 2.68. The summed E-state index contributed by atoms with van der Waals surface area (Å²) < 4.78 is 4.79. The van der Waals surface area contributed by atoms with E-state index in [1.807, 2.05) is 12.1 Å². The van der Waals surface area contributed by atoms with Gasteiger partial charge in [-0.25, -0.2) is 4.63 Å². The van der Waals surface area contributed by atoms with Gasteiger partial charge in [0.25, 0.3) is 0 Å². The number of hydrogen-bond acceptors (Lipinski definition) is 4. The molecule has 0 saturated carbocycles. The van der Waals surface area contributed by atoms with Gasteiger partial charge >= 0.3 is 0 Å². The number of fused-ring (bicyclic) bond motifs is 1. The van der Waals surface area contributed by atoms with Gasteiger partial charge in [-0.05, 0) is 54.6 Å². The zero-order chi connectivity index (χ0) is 13.1. The molecule has 1 atom stereocenters. The number of rotatable bonds is 4. The molecule has 2 aromatic rings. The Morgan fingerprint density at radius 2 is 2.26 bits per heavy atom. The maximum atomic E-state index is 4.79. The Morgan fingerprint density at radius 1 is 1.32 bits per heavy atom. The zero-order valence-electron chi connectivity index (χ0n) is 11.2. The van der Waals surface area contributed by atoms with Crippen molar-refractivity contribution in [3.63, 3.8) is 0 Å². The lowest BCUT2D eigenvalue weighted by Crippen LogP contribution is -2.28. The van der Waals surface area contributed by atoms with Gasteiger partial charge in [-0.15, -0.1) is 0 Å². The first kappa shape index (κ1) is 12.4. The molecule has 1 aromatic heterocycles. The first-order valence-electron chi connectivity index (χ1n) is 6.97. The lowest BCUT2D eigenvalue weighted by Gasteiger charge is -2.21. The molecule has 1 aliphatic carbocycles. The van der Waals surface area contributed by atoms with Crippen LogP contribution >= 0.6 is 0 Å². The van der Waals surface area contributed by atoms with Crippen LogP contribution in [0.15, 0.2) is 34.5 Å². The van der Waals surface area contributed by atoms with E-state index in [2.05, 4.69) is 34.7 Å². The van der Waals surface area contributed by atoms with E-state index >= 15 is 0 Å². The van der Waals surface area contributed by atoms with Gasteiger partial charge in [0.2, 0.25) is 0 Å². The monoisotopic (exact) mass is 257 g/mol. The van der Waals surface area contributed by atoms with E-state index in [1.54, 1.807) is 0 Å². The molecule has 100 valence electrons. The molecular weight excluding hydrogens is 238 g/mol. The van der Waals surface area contributed by atoms with Gasteiger partial charge < -0.3 is 5.32 Å². The quantitative estimate of drug-likeness (QED) is 0.854. The number of allylic oxidation sites excluding steroid dienone is 1. The molecule has 19 heavy (non-hydrogen) atoms. The van der Waals surface area contributed by atoms with Crippen LogP contribution in [-0.4, -0.2) is 16.4 Å². The predicted molar refractivity (Wildman–Crippen MR) is 74.7 cm³/mol. The molecule has 1 aromatic carbocycles. The second kappa shape index (κ2) is 5.53. The van der Waals surface area contributed by atoms with Crippen LogP contribution < -0.4 is 5.32 Å². The van der Waals surface area contributed by atoms with E-state index in [4.69, 9.17) is 4.63 Å². The fourth-order valence-electron chi connectivity index (χ4n) is 2.66. The van der Waals surface area contributed by atoms with Gasteiger partial charge in [0, 0.05) is 12.6 Å². The van der Waals surface area contributed by atoms with Gasteiger partial charge in [-0.3, -0.25) is 0 Å². The molecule has 0 aliphatic heterocycles. The van der Waals surface area contributed by atoms with E-state index in [-0.39, 0.29) is 0 Å². The molecular formula is C15H19N3O. The maximum Gasteiger partial charge on any atom is 0.139 e.